The predicted molar refractivity (Wildman–Crippen MR) is 60.2 cm³/mol. The summed E-state index contributed by atoms with van der Waals surface area (Å²) in [5, 5.41) is 3.36. The van der Waals surface area contributed by atoms with Gasteiger partial charge in [-0.15, -0.1) is 0 Å². The second-order valence-electron chi connectivity index (χ2n) is 4.29. The van der Waals surface area contributed by atoms with Gasteiger partial charge in [-0.2, -0.15) is 0 Å². The Balaban J connectivity index is 1.93. The molecule has 0 aromatic heterocycles. The number of benzene rings is 1. The normalized spacial score (nSPS) is 23.6. The Morgan fingerprint density at radius 3 is 3.12 bits per heavy atom. The maximum absolute atomic E-state index is 13.0. The molecule has 16 heavy (non-hydrogen) atoms. The number of hydrogen-bond acceptors (Lipinski definition) is 2. The minimum absolute atomic E-state index is 0.227. The Kier molecular flexibility index (Phi) is 2.40. The Morgan fingerprint density at radius 2 is 2.31 bits per heavy atom. The number of halogens is 1. The Labute approximate surface area is 94.1 Å². The van der Waals surface area contributed by atoms with E-state index in [2.05, 4.69) is 11.4 Å². The molecule has 0 spiro atoms. The van der Waals surface area contributed by atoms with Crippen LogP contribution in [0.1, 0.15) is 17.9 Å². The lowest BCUT2D eigenvalue weighted by atomic mass is 9.91. The van der Waals surface area contributed by atoms with E-state index < -0.39 is 0 Å². The van der Waals surface area contributed by atoms with Gasteiger partial charge in [0.2, 0.25) is 0 Å². The van der Waals surface area contributed by atoms with Crippen LogP contribution in [0.3, 0.4) is 0 Å². The second-order valence-corrected chi connectivity index (χ2v) is 4.29. The van der Waals surface area contributed by atoms with Crippen molar-refractivity contribution in [2.45, 2.75) is 12.3 Å². The number of rotatable bonds is 1. The molecule has 1 aromatic rings. The van der Waals surface area contributed by atoms with Crippen molar-refractivity contribution in [2.24, 2.45) is 0 Å². The molecule has 0 amide bonds. The fourth-order valence-corrected chi connectivity index (χ4v) is 2.42. The molecule has 0 unspecified atom stereocenters. The molecule has 3 heteroatoms. The summed E-state index contributed by atoms with van der Waals surface area (Å²) < 4.78 is 18.6. The van der Waals surface area contributed by atoms with Crippen LogP contribution in [0.2, 0.25) is 0 Å². The van der Waals surface area contributed by atoms with E-state index in [1.807, 2.05) is 6.07 Å². The van der Waals surface area contributed by atoms with E-state index in [-0.39, 0.29) is 5.82 Å². The lowest BCUT2D eigenvalue weighted by Crippen LogP contribution is -2.25. The van der Waals surface area contributed by atoms with Crippen molar-refractivity contribution in [1.82, 2.24) is 5.32 Å². The number of hydrogen-bond donors (Lipinski definition) is 1. The van der Waals surface area contributed by atoms with Crippen molar-refractivity contribution in [3.05, 3.63) is 41.2 Å². The number of ether oxygens (including phenoxy) is 1. The molecule has 0 radical (unpaired) electrons. The van der Waals surface area contributed by atoms with E-state index in [9.17, 15) is 4.39 Å². The fourth-order valence-electron chi connectivity index (χ4n) is 2.42. The smallest absolute Gasteiger partial charge is 0.126 e. The van der Waals surface area contributed by atoms with Crippen molar-refractivity contribution in [1.29, 1.82) is 0 Å². The van der Waals surface area contributed by atoms with E-state index in [4.69, 9.17) is 4.74 Å². The molecule has 1 N–H and O–H groups in total. The minimum Gasteiger partial charge on any atom is -0.492 e. The van der Waals surface area contributed by atoms with Crippen molar-refractivity contribution >= 4 is 0 Å². The molecule has 0 bridgehead atoms. The molecule has 0 saturated carbocycles. The van der Waals surface area contributed by atoms with E-state index in [1.54, 1.807) is 0 Å². The molecule has 3 rings (SSSR count). The summed E-state index contributed by atoms with van der Waals surface area (Å²) in [5.41, 5.74) is 2.49. The van der Waals surface area contributed by atoms with Crippen LogP contribution >= 0.6 is 0 Å². The summed E-state index contributed by atoms with van der Waals surface area (Å²) in [5.74, 6) is 0.787. The SMILES string of the molecule is Fc1ccc2c(c1)OC[C@@H]2C1=CCCNC1. The van der Waals surface area contributed by atoms with Gasteiger partial charge in [0.05, 0.1) is 6.61 Å². The number of nitrogens with one attached hydrogen (secondary N) is 1. The fraction of sp³-hybridized carbons (Fsp3) is 0.385. The van der Waals surface area contributed by atoms with Crippen LogP contribution in [-0.2, 0) is 0 Å². The zero-order chi connectivity index (χ0) is 11.0. The summed E-state index contributed by atoms with van der Waals surface area (Å²) in [6, 6.07) is 4.83. The lowest BCUT2D eigenvalue weighted by molar-refractivity contribution is 0.338. The molecule has 0 aliphatic carbocycles. The maximum atomic E-state index is 13.0. The van der Waals surface area contributed by atoms with Gasteiger partial charge in [0.25, 0.3) is 0 Å². The van der Waals surface area contributed by atoms with Gasteiger partial charge in [-0.05, 0) is 24.6 Å². The molecule has 84 valence electrons. The molecule has 2 nitrogen and oxygen atoms in total. The van der Waals surface area contributed by atoms with Gasteiger partial charge in [-0.25, -0.2) is 4.39 Å². The molecule has 2 heterocycles. The van der Waals surface area contributed by atoms with Gasteiger partial charge in [-0.1, -0.05) is 12.1 Å². The topological polar surface area (TPSA) is 21.3 Å². The highest BCUT2D eigenvalue weighted by Gasteiger charge is 2.27. The third-order valence-corrected chi connectivity index (χ3v) is 3.26. The first-order valence-electron chi connectivity index (χ1n) is 5.66. The highest BCUT2D eigenvalue weighted by molar-refractivity contribution is 5.45. The van der Waals surface area contributed by atoms with Gasteiger partial charge in [0, 0.05) is 24.1 Å². The van der Waals surface area contributed by atoms with E-state index >= 15 is 0 Å². The Bertz CT molecular complexity index is 442. The largest absolute Gasteiger partial charge is 0.492 e. The van der Waals surface area contributed by atoms with E-state index in [0.29, 0.717) is 18.3 Å². The molecule has 2 aliphatic rings. The first-order chi connectivity index (χ1) is 7.84. The monoisotopic (exact) mass is 219 g/mol. The van der Waals surface area contributed by atoms with Crippen molar-refractivity contribution < 1.29 is 9.13 Å². The molecular weight excluding hydrogens is 205 g/mol. The summed E-state index contributed by atoms with van der Waals surface area (Å²) in [7, 11) is 0. The van der Waals surface area contributed by atoms with Crippen molar-refractivity contribution in [3.8, 4) is 5.75 Å². The Morgan fingerprint density at radius 1 is 1.38 bits per heavy atom. The maximum Gasteiger partial charge on any atom is 0.126 e. The van der Waals surface area contributed by atoms with Gasteiger partial charge in [0.1, 0.15) is 11.6 Å². The van der Waals surface area contributed by atoms with Crippen LogP contribution < -0.4 is 10.1 Å². The van der Waals surface area contributed by atoms with Crippen LogP contribution in [0.4, 0.5) is 4.39 Å². The second kappa shape index (κ2) is 3.91. The average Bonchev–Trinajstić information content (AvgIpc) is 2.73. The Hall–Kier alpha value is -1.35. The third kappa shape index (κ3) is 1.61. The number of fused-ring (bicyclic) bond motifs is 1. The zero-order valence-electron chi connectivity index (χ0n) is 9.00. The summed E-state index contributed by atoms with van der Waals surface area (Å²) in [6.45, 7) is 2.62. The van der Waals surface area contributed by atoms with Crippen molar-refractivity contribution in [3.63, 3.8) is 0 Å². The average molecular weight is 219 g/mol. The first-order valence-corrected chi connectivity index (χ1v) is 5.66. The van der Waals surface area contributed by atoms with Gasteiger partial charge in [0.15, 0.2) is 0 Å². The van der Waals surface area contributed by atoms with Crippen LogP contribution in [0, 0.1) is 5.82 Å². The van der Waals surface area contributed by atoms with Gasteiger partial charge >= 0.3 is 0 Å². The highest BCUT2D eigenvalue weighted by atomic mass is 19.1. The van der Waals surface area contributed by atoms with Gasteiger partial charge < -0.3 is 10.1 Å². The lowest BCUT2D eigenvalue weighted by Gasteiger charge is -2.19. The first kappa shape index (κ1) is 9.85. The minimum atomic E-state index is -0.227. The van der Waals surface area contributed by atoms with E-state index in [0.717, 1.165) is 25.1 Å². The standard InChI is InChI=1S/C13H14FNO/c14-10-3-4-11-12(8-16-13(11)6-10)9-2-1-5-15-7-9/h2-4,6,12,15H,1,5,7-8H2/t12-/m1/s1. The van der Waals surface area contributed by atoms with Gasteiger partial charge in [-0.3, -0.25) is 0 Å². The molecule has 0 saturated heterocycles. The van der Waals surface area contributed by atoms with Crippen LogP contribution in [0.15, 0.2) is 29.8 Å². The van der Waals surface area contributed by atoms with E-state index in [1.165, 1.54) is 17.7 Å². The zero-order valence-corrected chi connectivity index (χ0v) is 9.00. The predicted octanol–water partition coefficient (Wildman–Crippen LogP) is 2.22. The quantitative estimate of drug-likeness (QED) is 0.731. The molecule has 2 aliphatic heterocycles. The molecule has 1 aromatic carbocycles. The third-order valence-electron chi connectivity index (χ3n) is 3.26. The van der Waals surface area contributed by atoms with Crippen LogP contribution in [-0.4, -0.2) is 19.7 Å². The van der Waals surface area contributed by atoms with Crippen LogP contribution in [0.25, 0.3) is 0 Å². The molecule has 1 atom stereocenters. The molecule has 0 fully saturated rings. The summed E-state index contributed by atoms with van der Waals surface area (Å²) in [4.78, 5) is 0. The summed E-state index contributed by atoms with van der Waals surface area (Å²) in [6.07, 6.45) is 3.35. The molecular formula is C13H14FNO. The summed E-state index contributed by atoms with van der Waals surface area (Å²) >= 11 is 0. The highest BCUT2D eigenvalue weighted by Crippen LogP contribution is 2.38. The van der Waals surface area contributed by atoms with Crippen LogP contribution in [0.5, 0.6) is 5.75 Å². The van der Waals surface area contributed by atoms with Crippen molar-refractivity contribution in [2.75, 3.05) is 19.7 Å².